The molecule has 17 heavy (non-hydrogen) atoms. The van der Waals surface area contributed by atoms with E-state index in [9.17, 15) is 14.7 Å². The second-order valence-electron chi connectivity index (χ2n) is 5.48. The van der Waals surface area contributed by atoms with E-state index in [2.05, 4.69) is 0 Å². The summed E-state index contributed by atoms with van der Waals surface area (Å²) in [7, 11) is 0. The predicted molar refractivity (Wildman–Crippen MR) is 62.3 cm³/mol. The molecule has 1 unspecified atom stereocenters. The van der Waals surface area contributed by atoms with Crippen LogP contribution in [-0.2, 0) is 9.59 Å². The van der Waals surface area contributed by atoms with E-state index in [1.54, 1.807) is 11.8 Å². The first-order chi connectivity index (χ1) is 7.96. The van der Waals surface area contributed by atoms with Gasteiger partial charge in [0.05, 0.1) is 5.41 Å². The monoisotopic (exact) mass is 240 g/mol. The van der Waals surface area contributed by atoms with Crippen LogP contribution in [0.3, 0.4) is 0 Å². The molecule has 2 fully saturated rings. The maximum absolute atomic E-state index is 12.5. The first-order valence-corrected chi connectivity index (χ1v) is 6.22. The zero-order chi connectivity index (χ0) is 12.7. The molecule has 2 aliphatic rings. The Morgan fingerprint density at radius 3 is 2.35 bits per heavy atom. The summed E-state index contributed by atoms with van der Waals surface area (Å²) in [5.74, 6) is -0.955. The number of rotatable bonds is 3. The first-order valence-electron chi connectivity index (χ1n) is 6.22. The molecule has 1 saturated carbocycles. The molecular weight excluding hydrogens is 220 g/mol. The van der Waals surface area contributed by atoms with Crippen LogP contribution in [-0.4, -0.2) is 40.5 Å². The summed E-state index contributed by atoms with van der Waals surface area (Å²) in [6.45, 7) is 2.52. The van der Waals surface area contributed by atoms with Gasteiger partial charge in [0.15, 0.2) is 0 Å². The average Bonchev–Trinajstić information content (AvgIpc) is 2.60. The summed E-state index contributed by atoms with van der Waals surface area (Å²) in [6, 6.07) is 0. The van der Waals surface area contributed by atoms with Gasteiger partial charge in [-0.1, -0.05) is 6.42 Å². The largest absolute Gasteiger partial charge is 0.480 e. The molecule has 1 aliphatic heterocycles. The molecule has 1 heterocycles. The Morgan fingerprint density at radius 1 is 1.29 bits per heavy atom. The summed E-state index contributed by atoms with van der Waals surface area (Å²) >= 11 is 0. The number of amides is 1. The number of aliphatic carboxylic acids is 1. The van der Waals surface area contributed by atoms with Gasteiger partial charge >= 0.3 is 5.97 Å². The maximum Gasteiger partial charge on any atom is 0.329 e. The molecule has 0 aromatic heterocycles. The van der Waals surface area contributed by atoms with Gasteiger partial charge in [-0.15, -0.1) is 0 Å². The van der Waals surface area contributed by atoms with Gasteiger partial charge in [-0.3, -0.25) is 4.79 Å². The summed E-state index contributed by atoms with van der Waals surface area (Å²) < 4.78 is 0. The summed E-state index contributed by atoms with van der Waals surface area (Å²) in [5.41, 5.74) is 4.20. The third kappa shape index (κ3) is 1.64. The van der Waals surface area contributed by atoms with E-state index in [-0.39, 0.29) is 5.91 Å². The number of hydrogen-bond acceptors (Lipinski definition) is 3. The quantitative estimate of drug-likeness (QED) is 0.756. The molecule has 0 spiro atoms. The van der Waals surface area contributed by atoms with Crippen molar-refractivity contribution in [3.05, 3.63) is 0 Å². The highest BCUT2D eigenvalue weighted by Gasteiger charge is 2.53. The molecule has 96 valence electrons. The van der Waals surface area contributed by atoms with Crippen molar-refractivity contribution in [2.24, 2.45) is 11.1 Å². The van der Waals surface area contributed by atoms with Crippen LogP contribution in [0.25, 0.3) is 0 Å². The Labute approximate surface area is 101 Å². The van der Waals surface area contributed by atoms with Gasteiger partial charge in [0.1, 0.15) is 5.54 Å². The highest BCUT2D eigenvalue weighted by molar-refractivity contribution is 5.91. The van der Waals surface area contributed by atoms with Crippen LogP contribution in [0.15, 0.2) is 0 Å². The van der Waals surface area contributed by atoms with Gasteiger partial charge in [-0.05, 0) is 32.6 Å². The number of carbonyl (C=O) groups is 2. The van der Waals surface area contributed by atoms with Crippen molar-refractivity contribution in [2.75, 3.05) is 13.1 Å². The second-order valence-corrected chi connectivity index (χ2v) is 5.48. The SMILES string of the molecule is CC1(C(=O)O)CCCN1C(=O)C1(CN)CCC1. The molecule has 0 aromatic rings. The van der Waals surface area contributed by atoms with E-state index in [4.69, 9.17) is 5.73 Å². The summed E-state index contributed by atoms with van der Waals surface area (Å²) in [5, 5.41) is 9.30. The standard InChI is InChI=1S/C12H20N2O3/c1-11(10(16)17)4-3-7-14(11)9(15)12(8-13)5-2-6-12/h2-8,13H2,1H3,(H,16,17). The Hall–Kier alpha value is -1.10. The zero-order valence-electron chi connectivity index (χ0n) is 10.2. The van der Waals surface area contributed by atoms with Crippen LogP contribution in [0.1, 0.15) is 39.0 Å². The normalized spacial score (nSPS) is 31.1. The molecule has 1 aliphatic carbocycles. The molecular formula is C12H20N2O3. The minimum absolute atomic E-state index is 0.0475. The van der Waals surface area contributed by atoms with E-state index in [1.165, 1.54) is 0 Å². The zero-order valence-corrected chi connectivity index (χ0v) is 10.2. The van der Waals surface area contributed by atoms with Crippen LogP contribution in [0.5, 0.6) is 0 Å². The van der Waals surface area contributed by atoms with Gasteiger partial charge in [-0.2, -0.15) is 0 Å². The smallest absolute Gasteiger partial charge is 0.329 e. The van der Waals surface area contributed by atoms with E-state index in [0.29, 0.717) is 19.5 Å². The van der Waals surface area contributed by atoms with Crippen LogP contribution in [0.4, 0.5) is 0 Å². The number of carboxylic acid groups (broad SMARTS) is 1. The van der Waals surface area contributed by atoms with E-state index in [0.717, 1.165) is 25.7 Å². The average molecular weight is 240 g/mol. The summed E-state index contributed by atoms with van der Waals surface area (Å²) in [6.07, 6.45) is 3.91. The predicted octanol–water partition coefficient (Wildman–Crippen LogP) is 0.581. The molecule has 0 aromatic carbocycles. The minimum atomic E-state index is -1.03. The van der Waals surface area contributed by atoms with Crippen LogP contribution in [0.2, 0.25) is 0 Å². The topological polar surface area (TPSA) is 83.6 Å². The molecule has 1 amide bonds. The van der Waals surface area contributed by atoms with E-state index >= 15 is 0 Å². The minimum Gasteiger partial charge on any atom is -0.480 e. The highest BCUT2D eigenvalue weighted by atomic mass is 16.4. The fourth-order valence-electron chi connectivity index (χ4n) is 2.91. The molecule has 0 radical (unpaired) electrons. The molecule has 1 saturated heterocycles. The second kappa shape index (κ2) is 3.98. The molecule has 5 heteroatoms. The molecule has 5 nitrogen and oxygen atoms in total. The van der Waals surface area contributed by atoms with Crippen LogP contribution in [0, 0.1) is 5.41 Å². The van der Waals surface area contributed by atoms with Crippen molar-refractivity contribution in [3.63, 3.8) is 0 Å². The van der Waals surface area contributed by atoms with Gasteiger partial charge in [0.2, 0.25) is 5.91 Å². The van der Waals surface area contributed by atoms with Crippen molar-refractivity contribution in [2.45, 2.75) is 44.6 Å². The Balaban J connectivity index is 2.22. The maximum atomic E-state index is 12.5. The van der Waals surface area contributed by atoms with Gasteiger partial charge < -0.3 is 15.7 Å². The van der Waals surface area contributed by atoms with Crippen molar-refractivity contribution in [1.82, 2.24) is 4.90 Å². The van der Waals surface area contributed by atoms with E-state index in [1.807, 2.05) is 0 Å². The molecule has 0 bridgehead atoms. The van der Waals surface area contributed by atoms with Gasteiger partial charge in [0, 0.05) is 13.1 Å². The molecule has 3 N–H and O–H groups in total. The van der Waals surface area contributed by atoms with Crippen molar-refractivity contribution in [3.8, 4) is 0 Å². The van der Waals surface area contributed by atoms with Crippen molar-refractivity contribution >= 4 is 11.9 Å². The van der Waals surface area contributed by atoms with Crippen LogP contribution >= 0.6 is 0 Å². The van der Waals surface area contributed by atoms with Crippen molar-refractivity contribution < 1.29 is 14.7 Å². The summed E-state index contributed by atoms with van der Waals surface area (Å²) in [4.78, 5) is 25.4. The van der Waals surface area contributed by atoms with Gasteiger partial charge in [-0.25, -0.2) is 4.79 Å². The first kappa shape index (κ1) is 12.4. The number of hydrogen-bond donors (Lipinski definition) is 2. The number of nitrogens with two attached hydrogens (primary N) is 1. The lowest BCUT2D eigenvalue weighted by Gasteiger charge is -2.45. The Bertz CT molecular complexity index is 346. The third-order valence-electron chi connectivity index (χ3n) is 4.50. The highest BCUT2D eigenvalue weighted by Crippen LogP contribution is 2.44. The van der Waals surface area contributed by atoms with Crippen LogP contribution < -0.4 is 5.73 Å². The van der Waals surface area contributed by atoms with E-state index < -0.39 is 16.9 Å². The Morgan fingerprint density at radius 2 is 1.94 bits per heavy atom. The Kier molecular flexibility index (Phi) is 2.89. The third-order valence-corrected chi connectivity index (χ3v) is 4.50. The lowest BCUT2D eigenvalue weighted by molar-refractivity contribution is -0.162. The fourth-order valence-corrected chi connectivity index (χ4v) is 2.91. The number of carbonyl (C=O) groups excluding carboxylic acids is 1. The fraction of sp³-hybridized carbons (Fsp3) is 0.833. The number of carboxylic acids is 1. The van der Waals surface area contributed by atoms with Gasteiger partial charge in [0.25, 0.3) is 0 Å². The molecule has 1 atom stereocenters. The lowest BCUT2D eigenvalue weighted by atomic mass is 9.67. The lowest BCUT2D eigenvalue weighted by Crippen LogP contribution is -2.59. The number of nitrogens with zero attached hydrogens (tertiary/aromatic N) is 1. The van der Waals surface area contributed by atoms with Crippen molar-refractivity contribution in [1.29, 1.82) is 0 Å². The molecule has 2 rings (SSSR count). The number of likely N-dealkylation sites (tertiary alicyclic amines) is 1.